The standard InChI is InChI=1S/C19H28N4O3S/c1-5-11-25-17-9-8-15(13-16(17)22-19(27-4)21-14-20)18(24)26-12-10-23(6-2)7-3/h8-9,13H,5-7,10-12H2,1-4H3,(H,21,22). The molecule has 0 saturated heterocycles. The van der Waals surface area contributed by atoms with Crippen LogP contribution in [0.4, 0.5) is 5.69 Å². The number of nitrogens with zero attached hydrogens (tertiary/aromatic N) is 3. The van der Waals surface area contributed by atoms with Crippen LogP contribution >= 0.6 is 11.8 Å². The zero-order valence-corrected chi connectivity index (χ0v) is 17.3. The molecule has 0 radical (unpaired) electrons. The molecule has 0 bridgehead atoms. The summed E-state index contributed by atoms with van der Waals surface area (Å²) >= 11 is 1.30. The predicted molar refractivity (Wildman–Crippen MR) is 110 cm³/mol. The lowest BCUT2D eigenvalue weighted by molar-refractivity contribution is 0.0466. The second-order valence-electron chi connectivity index (χ2n) is 5.55. The van der Waals surface area contributed by atoms with Gasteiger partial charge in [0.1, 0.15) is 18.0 Å². The molecule has 148 valence electrons. The molecule has 1 rings (SSSR count). The number of rotatable bonds is 10. The molecule has 0 unspecified atom stereocenters. The minimum Gasteiger partial charge on any atom is -0.491 e. The van der Waals surface area contributed by atoms with Gasteiger partial charge < -0.3 is 14.4 Å². The van der Waals surface area contributed by atoms with Crippen molar-refractivity contribution in [2.45, 2.75) is 27.2 Å². The highest BCUT2D eigenvalue weighted by Gasteiger charge is 2.13. The number of hydrogen-bond acceptors (Lipinski definition) is 7. The van der Waals surface area contributed by atoms with Crippen molar-refractivity contribution in [3.05, 3.63) is 23.8 Å². The van der Waals surface area contributed by atoms with E-state index in [9.17, 15) is 4.79 Å². The Morgan fingerprint density at radius 2 is 2.04 bits per heavy atom. The highest BCUT2D eigenvalue weighted by Crippen LogP contribution is 2.30. The molecular weight excluding hydrogens is 364 g/mol. The lowest BCUT2D eigenvalue weighted by Gasteiger charge is -2.17. The first-order valence-corrected chi connectivity index (χ1v) is 10.3. The highest BCUT2D eigenvalue weighted by molar-refractivity contribution is 8.13. The number of ether oxygens (including phenoxy) is 2. The minimum absolute atomic E-state index is 0.333. The molecule has 8 heteroatoms. The quantitative estimate of drug-likeness (QED) is 0.215. The molecule has 0 aliphatic heterocycles. The average Bonchev–Trinajstić information content (AvgIpc) is 2.69. The molecule has 7 nitrogen and oxygen atoms in total. The van der Waals surface area contributed by atoms with Crippen molar-refractivity contribution in [2.24, 2.45) is 4.99 Å². The lowest BCUT2D eigenvalue weighted by atomic mass is 10.2. The van der Waals surface area contributed by atoms with Gasteiger partial charge in [-0.15, -0.1) is 0 Å². The molecule has 0 saturated carbocycles. The fourth-order valence-electron chi connectivity index (χ4n) is 2.24. The van der Waals surface area contributed by atoms with Crippen LogP contribution in [0.25, 0.3) is 0 Å². The van der Waals surface area contributed by atoms with Gasteiger partial charge in [-0.3, -0.25) is 5.32 Å². The average molecular weight is 393 g/mol. The first kappa shape index (κ1) is 22.8. The number of carbonyl (C=O) groups is 1. The maximum absolute atomic E-state index is 12.4. The van der Waals surface area contributed by atoms with E-state index in [0.717, 1.165) is 19.5 Å². The third kappa shape index (κ3) is 7.89. The number of esters is 1. The zero-order chi connectivity index (χ0) is 20.1. The van der Waals surface area contributed by atoms with Crippen molar-refractivity contribution >= 4 is 28.6 Å². The van der Waals surface area contributed by atoms with E-state index in [4.69, 9.17) is 14.7 Å². The van der Waals surface area contributed by atoms with Crippen LogP contribution in [0.15, 0.2) is 23.2 Å². The predicted octanol–water partition coefficient (Wildman–Crippen LogP) is 3.40. The number of amidine groups is 1. The number of hydrogen-bond donors (Lipinski definition) is 1. The van der Waals surface area contributed by atoms with Crippen molar-refractivity contribution < 1.29 is 14.3 Å². The third-order valence-electron chi connectivity index (χ3n) is 3.77. The van der Waals surface area contributed by atoms with Crippen LogP contribution in [-0.4, -0.2) is 55.1 Å². The van der Waals surface area contributed by atoms with Crippen LogP contribution in [0.1, 0.15) is 37.6 Å². The zero-order valence-electron chi connectivity index (χ0n) is 16.4. The van der Waals surface area contributed by atoms with E-state index in [0.29, 0.717) is 41.9 Å². The largest absolute Gasteiger partial charge is 0.491 e. The number of nitriles is 1. The van der Waals surface area contributed by atoms with Crippen LogP contribution in [0, 0.1) is 11.5 Å². The van der Waals surface area contributed by atoms with Gasteiger partial charge in [-0.25, -0.2) is 9.79 Å². The van der Waals surface area contributed by atoms with E-state index in [-0.39, 0.29) is 0 Å². The molecule has 0 heterocycles. The number of carbonyl (C=O) groups excluding carboxylic acids is 1. The second kappa shape index (κ2) is 13.0. The number of thioether (sulfide) groups is 1. The number of nitrogens with one attached hydrogen (secondary N) is 1. The van der Waals surface area contributed by atoms with E-state index in [1.807, 2.05) is 13.1 Å². The van der Waals surface area contributed by atoms with Gasteiger partial charge in [0.05, 0.1) is 12.2 Å². The van der Waals surface area contributed by atoms with E-state index in [1.54, 1.807) is 24.5 Å². The Kier molecular flexibility index (Phi) is 11.0. The summed E-state index contributed by atoms with van der Waals surface area (Å²) < 4.78 is 11.1. The van der Waals surface area contributed by atoms with Gasteiger partial charge in [0, 0.05) is 6.54 Å². The van der Waals surface area contributed by atoms with Crippen molar-refractivity contribution in [3.8, 4) is 11.9 Å². The Balaban J connectivity index is 2.96. The molecule has 27 heavy (non-hydrogen) atoms. The molecule has 1 aromatic rings. The summed E-state index contributed by atoms with van der Waals surface area (Å²) in [6.07, 6.45) is 4.51. The van der Waals surface area contributed by atoms with Gasteiger partial charge in [0.2, 0.25) is 0 Å². The van der Waals surface area contributed by atoms with Gasteiger partial charge in [-0.05, 0) is 44.0 Å². The highest BCUT2D eigenvalue weighted by atomic mass is 32.2. The number of likely N-dealkylation sites (N-methyl/N-ethyl adjacent to an activating group) is 1. The molecule has 0 spiro atoms. The molecule has 0 atom stereocenters. The topological polar surface area (TPSA) is 87.0 Å². The molecule has 1 N–H and O–H groups in total. The Bertz CT molecular complexity index is 669. The third-order valence-corrected chi connectivity index (χ3v) is 4.35. The maximum Gasteiger partial charge on any atom is 0.338 e. The summed E-state index contributed by atoms with van der Waals surface area (Å²) in [6.45, 7) is 9.56. The minimum atomic E-state index is -0.403. The van der Waals surface area contributed by atoms with Crippen molar-refractivity contribution in [1.29, 1.82) is 5.26 Å². The van der Waals surface area contributed by atoms with E-state index in [2.05, 4.69) is 29.1 Å². The molecule has 0 aromatic heterocycles. The van der Waals surface area contributed by atoms with Crippen molar-refractivity contribution in [1.82, 2.24) is 10.2 Å². The number of benzene rings is 1. The van der Waals surface area contributed by atoms with E-state index < -0.39 is 5.97 Å². The smallest absolute Gasteiger partial charge is 0.338 e. The van der Waals surface area contributed by atoms with Crippen molar-refractivity contribution in [3.63, 3.8) is 0 Å². The van der Waals surface area contributed by atoms with Crippen LogP contribution in [0.3, 0.4) is 0 Å². The fourth-order valence-corrected chi connectivity index (χ4v) is 2.58. The van der Waals surface area contributed by atoms with Crippen LogP contribution in [0.2, 0.25) is 0 Å². The SMILES string of the molecule is CCCOc1ccc(C(=O)OCCN(CC)CC)cc1N=C(NC#N)SC. The summed E-state index contributed by atoms with van der Waals surface area (Å²) in [6, 6.07) is 5.00. The van der Waals surface area contributed by atoms with Gasteiger partial charge >= 0.3 is 5.97 Å². The van der Waals surface area contributed by atoms with Gasteiger partial charge in [-0.1, -0.05) is 32.5 Å². The first-order valence-electron chi connectivity index (χ1n) is 9.03. The van der Waals surface area contributed by atoms with Crippen LogP contribution < -0.4 is 10.1 Å². The lowest BCUT2D eigenvalue weighted by Crippen LogP contribution is -2.27. The second-order valence-corrected chi connectivity index (χ2v) is 6.35. The Morgan fingerprint density at radius 1 is 1.30 bits per heavy atom. The monoisotopic (exact) mass is 392 g/mol. The van der Waals surface area contributed by atoms with Gasteiger partial charge in [0.15, 0.2) is 11.4 Å². The fraction of sp³-hybridized carbons (Fsp3) is 0.526. The summed E-state index contributed by atoms with van der Waals surface area (Å²) in [7, 11) is 0. The maximum atomic E-state index is 12.4. The summed E-state index contributed by atoms with van der Waals surface area (Å²) in [5.41, 5.74) is 0.878. The first-order chi connectivity index (χ1) is 13.1. The normalized spacial score (nSPS) is 11.2. The molecular formula is C19H28N4O3S. The molecule has 1 aromatic carbocycles. The van der Waals surface area contributed by atoms with Crippen molar-refractivity contribution in [2.75, 3.05) is 39.1 Å². The summed E-state index contributed by atoms with van der Waals surface area (Å²) in [5.74, 6) is 0.155. The van der Waals surface area contributed by atoms with E-state index >= 15 is 0 Å². The van der Waals surface area contributed by atoms with Gasteiger partial charge in [0.25, 0.3) is 0 Å². The molecule has 0 amide bonds. The molecule has 0 aliphatic rings. The Labute approximate surface area is 165 Å². The summed E-state index contributed by atoms with van der Waals surface area (Å²) in [5, 5.41) is 11.8. The Hall–Kier alpha value is -2.24. The number of aliphatic imine (C=N–C) groups is 1. The van der Waals surface area contributed by atoms with Gasteiger partial charge in [-0.2, -0.15) is 5.26 Å². The molecule has 0 fully saturated rings. The summed E-state index contributed by atoms with van der Waals surface area (Å²) in [4.78, 5) is 18.9. The Morgan fingerprint density at radius 3 is 2.63 bits per heavy atom. The molecule has 0 aliphatic carbocycles. The van der Waals surface area contributed by atoms with Crippen LogP contribution in [0.5, 0.6) is 5.75 Å². The van der Waals surface area contributed by atoms with Crippen LogP contribution in [-0.2, 0) is 4.74 Å². The van der Waals surface area contributed by atoms with E-state index in [1.165, 1.54) is 11.8 Å².